The van der Waals surface area contributed by atoms with Gasteiger partial charge in [-0.05, 0) is 47.2 Å². The highest BCUT2D eigenvalue weighted by Crippen LogP contribution is 2.32. The third-order valence-electron chi connectivity index (χ3n) is 5.40. The predicted octanol–water partition coefficient (Wildman–Crippen LogP) is 3.97. The van der Waals surface area contributed by atoms with E-state index in [1.807, 2.05) is 55.5 Å². The third-order valence-corrected chi connectivity index (χ3v) is 5.40. The Labute approximate surface area is 196 Å². The van der Waals surface area contributed by atoms with Crippen LogP contribution in [0.3, 0.4) is 0 Å². The average Bonchev–Trinajstić information content (AvgIpc) is 3.50. The predicted molar refractivity (Wildman–Crippen MR) is 125 cm³/mol. The molecule has 3 heterocycles. The summed E-state index contributed by atoms with van der Waals surface area (Å²) in [6.45, 7) is 3.11. The monoisotopic (exact) mass is 457 g/mol. The molecule has 9 nitrogen and oxygen atoms in total. The highest BCUT2D eigenvalue weighted by molar-refractivity contribution is 6.18. The molecule has 1 amide bonds. The SMILES string of the molecule is CC(NC(=O)/C(=C/c1ccco1)n1nnnc1-c1ccccc1)c1ccc2c(c1)OCCCO2. The summed E-state index contributed by atoms with van der Waals surface area (Å²) in [4.78, 5) is 13.5. The number of carbonyl (C=O) groups is 1. The van der Waals surface area contributed by atoms with E-state index in [1.165, 1.54) is 4.68 Å². The van der Waals surface area contributed by atoms with E-state index in [0.29, 0.717) is 36.3 Å². The van der Waals surface area contributed by atoms with Crippen LogP contribution in [0.1, 0.15) is 30.7 Å². The number of carbonyl (C=O) groups excluding carboxylic acids is 1. The second-order valence-electron chi connectivity index (χ2n) is 7.78. The molecule has 1 unspecified atom stereocenters. The highest BCUT2D eigenvalue weighted by Gasteiger charge is 2.22. The van der Waals surface area contributed by atoms with E-state index < -0.39 is 0 Å². The number of tetrazole rings is 1. The van der Waals surface area contributed by atoms with E-state index in [0.717, 1.165) is 17.5 Å². The number of hydrogen-bond donors (Lipinski definition) is 1. The number of amides is 1. The van der Waals surface area contributed by atoms with Crippen LogP contribution in [0.4, 0.5) is 0 Å². The lowest BCUT2D eigenvalue weighted by atomic mass is 10.1. The van der Waals surface area contributed by atoms with E-state index in [-0.39, 0.29) is 17.6 Å². The Morgan fingerprint density at radius 1 is 1.06 bits per heavy atom. The van der Waals surface area contributed by atoms with Crippen LogP contribution in [0.5, 0.6) is 11.5 Å². The van der Waals surface area contributed by atoms with Gasteiger partial charge in [-0.25, -0.2) is 0 Å². The molecule has 5 rings (SSSR count). The van der Waals surface area contributed by atoms with Gasteiger partial charge < -0.3 is 19.2 Å². The van der Waals surface area contributed by atoms with Crippen molar-refractivity contribution < 1.29 is 18.7 Å². The number of benzene rings is 2. The number of fused-ring (bicyclic) bond motifs is 1. The first-order valence-corrected chi connectivity index (χ1v) is 11.0. The molecule has 1 aliphatic heterocycles. The zero-order valence-corrected chi connectivity index (χ0v) is 18.5. The molecule has 4 aromatic rings. The number of ether oxygens (including phenoxy) is 2. The quantitative estimate of drug-likeness (QED) is 0.437. The number of rotatable bonds is 6. The minimum Gasteiger partial charge on any atom is -0.490 e. The summed E-state index contributed by atoms with van der Waals surface area (Å²) in [6, 6.07) is 18.3. The van der Waals surface area contributed by atoms with Gasteiger partial charge in [-0.3, -0.25) is 4.79 Å². The number of furan rings is 1. The van der Waals surface area contributed by atoms with Gasteiger partial charge in [0.15, 0.2) is 17.3 Å². The second kappa shape index (κ2) is 9.62. The van der Waals surface area contributed by atoms with Crippen molar-refractivity contribution in [3.8, 4) is 22.9 Å². The fourth-order valence-electron chi connectivity index (χ4n) is 3.65. The maximum absolute atomic E-state index is 13.5. The van der Waals surface area contributed by atoms with Gasteiger partial charge in [-0.2, -0.15) is 4.68 Å². The first-order chi connectivity index (χ1) is 16.7. The van der Waals surface area contributed by atoms with Gasteiger partial charge in [0.1, 0.15) is 11.5 Å². The number of nitrogens with zero attached hydrogens (tertiary/aromatic N) is 4. The van der Waals surface area contributed by atoms with Crippen molar-refractivity contribution in [3.63, 3.8) is 0 Å². The van der Waals surface area contributed by atoms with E-state index in [9.17, 15) is 4.79 Å². The molecule has 1 N–H and O–H groups in total. The van der Waals surface area contributed by atoms with Crippen LogP contribution in [0.2, 0.25) is 0 Å². The van der Waals surface area contributed by atoms with Crippen LogP contribution in [0.15, 0.2) is 71.3 Å². The smallest absolute Gasteiger partial charge is 0.270 e. The summed E-state index contributed by atoms with van der Waals surface area (Å²) >= 11 is 0. The Bertz CT molecular complexity index is 1300. The molecule has 0 saturated carbocycles. The van der Waals surface area contributed by atoms with Gasteiger partial charge in [0, 0.05) is 18.1 Å². The van der Waals surface area contributed by atoms with Crippen LogP contribution in [0.25, 0.3) is 23.2 Å². The first-order valence-electron chi connectivity index (χ1n) is 11.0. The van der Waals surface area contributed by atoms with Crippen molar-refractivity contribution in [3.05, 3.63) is 78.3 Å². The minimum absolute atomic E-state index is 0.222. The van der Waals surface area contributed by atoms with E-state index in [1.54, 1.807) is 24.5 Å². The van der Waals surface area contributed by atoms with Gasteiger partial charge in [-0.1, -0.05) is 36.4 Å². The molecule has 0 spiro atoms. The van der Waals surface area contributed by atoms with E-state index in [2.05, 4.69) is 20.8 Å². The Balaban J connectivity index is 1.45. The fraction of sp³-hybridized carbons (Fsp3) is 0.200. The van der Waals surface area contributed by atoms with Crippen molar-refractivity contribution in [2.24, 2.45) is 0 Å². The van der Waals surface area contributed by atoms with Gasteiger partial charge in [0.25, 0.3) is 5.91 Å². The normalized spacial score (nSPS) is 14.3. The molecule has 0 aliphatic carbocycles. The van der Waals surface area contributed by atoms with Crippen molar-refractivity contribution in [1.82, 2.24) is 25.5 Å². The molecule has 1 atom stereocenters. The molecule has 2 aromatic carbocycles. The first kappa shape index (κ1) is 21.4. The number of aromatic nitrogens is 4. The average molecular weight is 457 g/mol. The summed E-state index contributed by atoms with van der Waals surface area (Å²) < 4.78 is 18.4. The highest BCUT2D eigenvalue weighted by atomic mass is 16.5. The summed E-state index contributed by atoms with van der Waals surface area (Å²) in [5.74, 6) is 1.97. The summed E-state index contributed by atoms with van der Waals surface area (Å²) in [6.07, 6.45) is 3.98. The summed E-state index contributed by atoms with van der Waals surface area (Å²) in [5, 5.41) is 15.1. The van der Waals surface area contributed by atoms with Gasteiger partial charge >= 0.3 is 0 Å². The van der Waals surface area contributed by atoms with Crippen LogP contribution in [-0.4, -0.2) is 39.3 Å². The molecule has 1 aliphatic rings. The number of nitrogens with one attached hydrogen (secondary N) is 1. The van der Waals surface area contributed by atoms with Gasteiger partial charge in [-0.15, -0.1) is 5.10 Å². The van der Waals surface area contributed by atoms with E-state index in [4.69, 9.17) is 13.9 Å². The van der Waals surface area contributed by atoms with Gasteiger partial charge in [0.05, 0.1) is 25.5 Å². The lowest BCUT2D eigenvalue weighted by molar-refractivity contribution is -0.116. The molecule has 0 fully saturated rings. The zero-order chi connectivity index (χ0) is 23.3. The molecule has 0 bridgehead atoms. The maximum atomic E-state index is 13.5. The van der Waals surface area contributed by atoms with Crippen molar-refractivity contribution in [2.45, 2.75) is 19.4 Å². The Hall–Kier alpha value is -4.40. The lowest BCUT2D eigenvalue weighted by Crippen LogP contribution is -2.30. The van der Waals surface area contributed by atoms with E-state index >= 15 is 0 Å². The topological polar surface area (TPSA) is 104 Å². The van der Waals surface area contributed by atoms with Crippen molar-refractivity contribution in [1.29, 1.82) is 0 Å². The molecule has 34 heavy (non-hydrogen) atoms. The fourth-order valence-corrected chi connectivity index (χ4v) is 3.65. The number of hydrogen-bond acceptors (Lipinski definition) is 7. The lowest BCUT2D eigenvalue weighted by Gasteiger charge is -2.18. The third kappa shape index (κ3) is 4.54. The Kier molecular flexibility index (Phi) is 6.07. The molecule has 172 valence electrons. The molecule has 2 aromatic heterocycles. The maximum Gasteiger partial charge on any atom is 0.270 e. The zero-order valence-electron chi connectivity index (χ0n) is 18.5. The van der Waals surface area contributed by atoms with Crippen molar-refractivity contribution >= 4 is 17.7 Å². The molecular weight excluding hydrogens is 434 g/mol. The standard InChI is InChI=1S/C25H23N5O4/c1-17(19-10-11-22-23(15-19)34-14-6-13-33-22)26-25(31)21(16-20-9-5-12-32-20)30-24(27-28-29-30)18-7-3-2-4-8-18/h2-5,7-12,15-17H,6,13-14H2,1H3,(H,26,31)/b21-16-. The van der Waals surface area contributed by atoms with Crippen LogP contribution < -0.4 is 14.8 Å². The summed E-state index contributed by atoms with van der Waals surface area (Å²) in [7, 11) is 0. The van der Waals surface area contributed by atoms with Crippen molar-refractivity contribution in [2.75, 3.05) is 13.2 Å². The molecule has 9 heteroatoms. The Morgan fingerprint density at radius 3 is 2.68 bits per heavy atom. The second-order valence-corrected chi connectivity index (χ2v) is 7.78. The molecular formula is C25H23N5O4. The van der Waals surface area contributed by atoms with Crippen LogP contribution in [-0.2, 0) is 4.79 Å². The molecule has 0 saturated heterocycles. The van der Waals surface area contributed by atoms with Crippen LogP contribution in [0, 0.1) is 0 Å². The minimum atomic E-state index is -0.361. The molecule has 0 radical (unpaired) electrons. The Morgan fingerprint density at radius 2 is 1.88 bits per heavy atom. The summed E-state index contributed by atoms with van der Waals surface area (Å²) in [5.41, 5.74) is 1.89. The van der Waals surface area contributed by atoms with Crippen LogP contribution >= 0.6 is 0 Å². The largest absolute Gasteiger partial charge is 0.490 e. The van der Waals surface area contributed by atoms with Gasteiger partial charge in [0.2, 0.25) is 0 Å².